The predicted octanol–water partition coefficient (Wildman–Crippen LogP) is 2.90. The minimum absolute atomic E-state index is 0. The summed E-state index contributed by atoms with van der Waals surface area (Å²) >= 11 is 0. The molecule has 0 radical (unpaired) electrons. The molecule has 1 saturated heterocycles. The molecule has 1 atom stereocenters. The molecule has 6 nitrogen and oxygen atoms in total. The Hall–Kier alpha value is -0.120. The zero-order chi connectivity index (χ0) is 17.7. The fourth-order valence-electron chi connectivity index (χ4n) is 3.64. The van der Waals surface area contributed by atoms with Crippen LogP contribution < -0.4 is 5.32 Å². The van der Waals surface area contributed by atoms with Crippen LogP contribution >= 0.6 is 24.0 Å². The minimum Gasteiger partial charge on any atom is -0.382 e. The number of ether oxygens (including phenoxy) is 3. The van der Waals surface area contributed by atoms with Gasteiger partial charge in [0.05, 0.1) is 25.9 Å². The number of rotatable bonds is 10. The van der Waals surface area contributed by atoms with E-state index in [-0.39, 0.29) is 24.0 Å². The molecule has 1 aliphatic heterocycles. The molecule has 0 aromatic heterocycles. The SMILES string of the molecule is CN=C(NCCCOC1CCCCC1)N1CCC(COCCOC)C1.I. The lowest BCUT2D eigenvalue weighted by atomic mass is 9.98. The molecule has 1 saturated carbocycles. The van der Waals surface area contributed by atoms with E-state index in [1.165, 1.54) is 38.5 Å². The lowest BCUT2D eigenvalue weighted by molar-refractivity contribution is 0.0276. The van der Waals surface area contributed by atoms with Crippen molar-refractivity contribution in [3.63, 3.8) is 0 Å². The molecule has 0 aromatic carbocycles. The molecular formula is C19H38IN3O3. The number of halogens is 1. The van der Waals surface area contributed by atoms with Crippen molar-refractivity contribution in [2.24, 2.45) is 10.9 Å². The number of hydrogen-bond donors (Lipinski definition) is 1. The van der Waals surface area contributed by atoms with Gasteiger partial charge < -0.3 is 24.4 Å². The molecule has 1 heterocycles. The van der Waals surface area contributed by atoms with Crippen molar-refractivity contribution in [3.05, 3.63) is 0 Å². The van der Waals surface area contributed by atoms with Crippen LogP contribution in [0.15, 0.2) is 4.99 Å². The van der Waals surface area contributed by atoms with Crippen LogP contribution in [0.25, 0.3) is 0 Å². The number of guanidine groups is 1. The van der Waals surface area contributed by atoms with Crippen LogP contribution in [-0.4, -0.2) is 77.2 Å². The second-order valence-electron chi connectivity index (χ2n) is 7.13. The number of likely N-dealkylation sites (tertiary alicyclic amines) is 1. The van der Waals surface area contributed by atoms with E-state index in [4.69, 9.17) is 14.2 Å². The number of aliphatic imine (C=N–C) groups is 1. The van der Waals surface area contributed by atoms with Crippen molar-refractivity contribution in [1.29, 1.82) is 0 Å². The van der Waals surface area contributed by atoms with Gasteiger partial charge in [0.1, 0.15) is 0 Å². The summed E-state index contributed by atoms with van der Waals surface area (Å²) < 4.78 is 16.7. The third kappa shape index (κ3) is 9.19. The van der Waals surface area contributed by atoms with E-state index in [1.807, 2.05) is 7.05 Å². The first-order chi connectivity index (χ1) is 12.3. The number of nitrogens with one attached hydrogen (secondary N) is 1. The third-order valence-corrected chi connectivity index (χ3v) is 5.09. The van der Waals surface area contributed by atoms with Crippen molar-refractivity contribution < 1.29 is 14.2 Å². The molecule has 0 spiro atoms. The largest absolute Gasteiger partial charge is 0.382 e. The van der Waals surface area contributed by atoms with Gasteiger partial charge in [-0.3, -0.25) is 4.99 Å². The summed E-state index contributed by atoms with van der Waals surface area (Å²) in [7, 11) is 3.57. The summed E-state index contributed by atoms with van der Waals surface area (Å²) in [6, 6.07) is 0. The van der Waals surface area contributed by atoms with Crippen LogP contribution in [0.1, 0.15) is 44.9 Å². The third-order valence-electron chi connectivity index (χ3n) is 5.09. The molecule has 2 rings (SSSR count). The highest BCUT2D eigenvalue weighted by atomic mass is 127. The first-order valence-corrected chi connectivity index (χ1v) is 9.97. The second-order valence-corrected chi connectivity index (χ2v) is 7.13. The van der Waals surface area contributed by atoms with Crippen molar-refractivity contribution in [2.45, 2.75) is 51.0 Å². The van der Waals surface area contributed by atoms with E-state index >= 15 is 0 Å². The van der Waals surface area contributed by atoms with Crippen LogP contribution in [0.3, 0.4) is 0 Å². The average Bonchev–Trinajstić information content (AvgIpc) is 3.11. The van der Waals surface area contributed by atoms with Crippen molar-refractivity contribution in [1.82, 2.24) is 10.2 Å². The van der Waals surface area contributed by atoms with Gasteiger partial charge >= 0.3 is 0 Å². The van der Waals surface area contributed by atoms with E-state index in [2.05, 4.69) is 15.2 Å². The van der Waals surface area contributed by atoms with Gasteiger partial charge in [-0.25, -0.2) is 0 Å². The van der Waals surface area contributed by atoms with Gasteiger partial charge in [-0.15, -0.1) is 24.0 Å². The highest BCUT2D eigenvalue weighted by Gasteiger charge is 2.24. The van der Waals surface area contributed by atoms with E-state index in [0.717, 1.165) is 45.2 Å². The summed E-state index contributed by atoms with van der Waals surface area (Å²) in [5.74, 6) is 1.60. The van der Waals surface area contributed by atoms with Crippen LogP contribution in [0.5, 0.6) is 0 Å². The Morgan fingerprint density at radius 1 is 1.12 bits per heavy atom. The van der Waals surface area contributed by atoms with Crippen LogP contribution in [-0.2, 0) is 14.2 Å². The second kappa shape index (κ2) is 14.9. The quantitative estimate of drug-likeness (QED) is 0.224. The highest BCUT2D eigenvalue weighted by Crippen LogP contribution is 2.20. The first-order valence-electron chi connectivity index (χ1n) is 9.97. The van der Waals surface area contributed by atoms with Gasteiger partial charge in [-0.1, -0.05) is 19.3 Å². The molecular weight excluding hydrogens is 445 g/mol. The zero-order valence-electron chi connectivity index (χ0n) is 16.6. The topological polar surface area (TPSA) is 55.3 Å². The van der Waals surface area contributed by atoms with E-state index < -0.39 is 0 Å². The molecule has 0 aromatic rings. The van der Waals surface area contributed by atoms with Crippen LogP contribution in [0.2, 0.25) is 0 Å². The summed E-state index contributed by atoms with van der Waals surface area (Å²) in [5, 5.41) is 3.48. The Bertz CT molecular complexity index is 379. The van der Waals surface area contributed by atoms with Crippen LogP contribution in [0.4, 0.5) is 0 Å². The predicted molar refractivity (Wildman–Crippen MR) is 117 cm³/mol. The first kappa shape index (κ1) is 23.9. The molecule has 1 aliphatic carbocycles. The van der Waals surface area contributed by atoms with Gasteiger partial charge in [0.25, 0.3) is 0 Å². The van der Waals surface area contributed by atoms with Gasteiger partial charge in [0.15, 0.2) is 5.96 Å². The maximum absolute atomic E-state index is 5.98. The fourth-order valence-corrected chi connectivity index (χ4v) is 3.64. The monoisotopic (exact) mass is 483 g/mol. The van der Waals surface area contributed by atoms with Gasteiger partial charge in [-0.05, 0) is 25.7 Å². The lowest BCUT2D eigenvalue weighted by Gasteiger charge is -2.23. The molecule has 2 fully saturated rings. The van der Waals surface area contributed by atoms with Crippen LogP contribution in [0, 0.1) is 5.92 Å². The molecule has 7 heteroatoms. The Morgan fingerprint density at radius 2 is 1.92 bits per heavy atom. The summed E-state index contributed by atoms with van der Waals surface area (Å²) in [6.07, 6.45) is 9.25. The Morgan fingerprint density at radius 3 is 2.65 bits per heavy atom. The van der Waals surface area contributed by atoms with E-state index in [1.54, 1.807) is 7.11 Å². The summed E-state index contributed by atoms with van der Waals surface area (Å²) in [5.41, 5.74) is 0. The van der Waals surface area contributed by atoms with Gasteiger partial charge in [-0.2, -0.15) is 0 Å². The summed E-state index contributed by atoms with van der Waals surface area (Å²) in [6.45, 7) is 6.01. The normalized spacial score (nSPS) is 21.7. The molecule has 0 bridgehead atoms. The molecule has 1 N–H and O–H groups in total. The maximum atomic E-state index is 5.98. The van der Waals surface area contributed by atoms with E-state index in [9.17, 15) is 0 Å². The van der Waals surface area contributed by atoms with Crippen molar-refractivity contribution in [3.8, 4) is 0 Å². The number of nitrogens with zero attached hydrogens (tertiary/aromatic N) is 2. The Balaban J connectivity index is 0.00000338. The van der Waals surface area contributed by atoms with Gasteiger partial charge in [0.2, 0.25) is 0 Å². The molecule has 0 amide bonds. The lowest BCUT2D eigenvalue weighted by Crippen LogP contribution is -2.41. The molecule has 26 heavy (non-hydrogen) atoms. The number of methoxy groups -OCH3 is 1. The Labute approximate surface area is 176 Å². The molecule has 1 unspecified atom stereocenters. The van der Waals surface area contributed by atoms with Crippen molar-refractivity contribution in [2.75, 3.05) is 60.2 Å². The maximum Gasteiger partial charge on any atom is 0.193 e. The average molecular weight is 483 g/mol. The molecule has 2 aliphatic rings. The van der Waals surface area contributed by atoms with E-state index in [0.29, 0.717) is 25.2 Å². The summed E-state index contributed by atoms with van der Waals surface area (Å²) in [4.78, 5) is 6.77. The number of hydrogen-bond acceptors (Lipinski definition) is 4. The standard InChI is InChI=1S/C19H37N3O3.HI/c1-20-19(21-10-6-12-25-18-7-4-3-5-8-18)22-11-9-17(15-22)16-24-14-13-23-2;/h17-18H,3-16H2,1-2H3,(H,20,21);1H. The molecule has 154 valence electrons. The Kier molecular flexibility index (Phi) is 13.7. The zero-order valence-corrected chi connectivity index (χ0v) is 18.9. The highest BCUT2D eigenvalue weighted by molar-refractivity contribution is 14.0. The van der Waals surface area contributed by atoms with Crippen molar-refractivity contribution >= 4 is 29.9 Å². The minimum atomic E-state index is 0. The van der Waals surface area contributed by atoms with Gasteiger partial charge in [0, 0.05) is 46.3 Å². The smallest absolute Gasteiger partial charge is 0.193 e. The fraction of sp³-hybridized carbons (Fsp3) is 0.947.